The molecule has 0 aromatic heterocycles. The smallest absolute Gasteiger partial charge is 0.235 e. The Morgan fingerprint density at radius 3 is 2.56 bits per heavy atom. The van der Waals surface area contributed by atoms with E-state index in [1.54, 1.807) is 25.3 Å². The summed E-state index contributed by atoms with van der Waals surface area (Å²) in [6.07, 6.45) is 1.60. The van der Waals surface area contributed by atoms with Crippen molar-refractivity contribution in [1.82, 2.24) is 0 Å². The zero-order valence-electron chi connectivity index (χ0n) is 9.53. The van der Waals surface area contributed by atoms with Crippen LogP contribution in [0, 0.1) is 5.92 Å². The van der Waals surface area contributed by atoms with Crippen molar-refractivity contribution in [3.63, 3.8) is 0 Å². The van der Waals surface area contributed by atoms with Crippen molar-refractivity contribution in [3.05, 3.63) is 28.8 Å². The van der Waals surface area contributed by atoms with Crippen LogP contribution in [0.3, 0.4) is 0 Å². The first kappa shape index (κ1) is 12.8. The van der Waals surface area contributed by atoms with E-state index in [4.69, 9.17) is 16.3 Å². The number of isocyanates is 1. The summed E-state index contributed by atoms with van der Waals surface area (Å²) in [5.74, 6) is 0.828. The Morgan fingerprint density at radius 2 is 2.12 bits per heavy atom. The van der Waals surface area contributed by atoms with Gasteiger partial charge in [-0.3, -0.25) is 0 Å². The summed E-state index contributed by atoms with van der Waals surface area (Å²) < 4.78 is 5.06. The minimum Gasteiger partial charge on any atom is -0.495 e. The number of rotatable bonds is 4. The van der Waals surface area contributed by atoms with Gasteiger partial charge in [0.15, 0.2) is 0 Å². The Morgan fingerprint density at radius 1 is 1.44 bits per heavy atom. The zero-order chi connectivity index (χ0) is 12.1. The summed E-state index contributed by atoms with van der Waals surface area (Å²) in [7, 11) is 1.56. The monoisotopic (exact) mass is 239 g/mol. The van der Waals surface area contributed by atoms with Crippen LogP contribution in [0.2, 0.25) is 5.02 Å². The first-order chi connectivity index (χ1) is 7.60. The fraction of sp³-hybridized carbons (Fsp3) is 0.417. The predicted octanol–water partition coefficient (Wildman–Crippen LogP) is 3.38. The van der Waals surface area contributed by atoms with Gasteiger partial charge < -0.3 is 4.74 Å². The molecule has 0 aliphatic carbocycles. The van der Waals surface area contributed by atoms with Crippen molar-refractivity contribution >= 4 is 17.7 Å². The van der Waals surface area contributed by atoms with Crippen molar-refractivity contribution in [3.8, 4) is 5.75 Å². The van der Waals surface area contributed by atoms with Gasteiger partial charge in [0, 0.05) is 0 Å². The Balaban J connectivity index is 3.11. The summed E-state index contributed by atoms with van der Waals surface area (Å²) in [6, 6.07) is 5.19. The highest BCUT2D eigenvalue weighted by Crippen LogP contribution is 2.31. The first-order valence-electron chi connectivity index (χ1n) is 5.00. The van der Waals surface area contributed by atoms with E-state index in [0.717, 1.165) is 5.56 Å². The molecule has 4 heteroatoms. The van der Waals surface area contributed by atoms with E-state index in [1.165, 1.54) is 0 Å². The summed E-state index contributed by atoms with van der Waals surface area (Å²) >= 11 is 6.01. The second-order valence-electron chi connectivity index (χ2n) is 3.80. The zero-order valence-corrected chi connectivity index (χ0v) is 10.3. The van der Waals surface area contributed by atoms with Crippen LogP contribution in [0.5, 0.6) is 5.75 Å². The van der Waals surface area contributed by atoms with Crippen LogP contribution in [0.25, 0.3) is 0 Å². The lowest BCUT2D eigenvalue weighted by Crippen LogP contribution is -2.04. The summed E-state index contributed by atoms with van der Waals surface area (Å²) in [6.45, 7) is 3.98. The van der Waals surface area contributed by atoms with E-state index in [2.05, 4.69) is 4.99 Å². The van der Waals surface area contributed by atoms with Crippen LogP contribution >= 0.6 is 11.6 Å². The molecule has 0 aliphatic heterocycles. The second kappa shape index (κ2) is 5.69. The third-order valence-electron chi connectivity index (χ3n) is 2.34. The van der Waals surface area contributed by atoms with Gasteiger partial charge in [0.05, 0.1) is 18.2 Å². The number of aliphatic imine (C=N–C) groups is 1. The van der Waals surface area contributed by atoms with Gasteiger partial charge in [0.1, 0.15) is 5.75 Å². The largest absolute Gasteiger partial charge is 0.495 e. The quantitative estimate of drug-likeness (QED) is 0.597. The number of carbonyl (C=O) groups excluding carboxylic acids is 1. The van der Waals surface area contributed by atoms with Gasteiger partial charge in [-0.25, -0.2) is 4.79 Å². The van der Waals surface area contributed by atoms with Crippen molar-refractivity contribution < 1.29 is 9.53 Å². The van der Waals surface area contributed by atoms with Crippen molar-refractivity contribution in [2.75, 3.05) is 7.11 Å². The summed E-state index contributed by atoms with van der Waals surface area (Å²) in [5.41, 5.74) is 0.893. The van der Waals surface area contributed by atoms with E-state index in [-0.39, 0.29) is 12.0 Å². The lowest BCUT2D eigenvalue weighted by Gasteiger charge is -2.15. The molecule has 1 aromatic carbocycles. The number of benzene rings is 1. The molecule has 0 spiro atoms. The van der Waals surface area contributed by atoms with E-state index < -0.39 is 0 Å². The number of hydrogen-bond acceptors (Lipinski definition) is 3. The number of methoxy groups -OCH3 is 1. The van der Waals surface area contributed by atoms with Crippen molar-refractivity contribution in [2.24, 2.45) is 10.9 Å². The molecule has 1 rings (SSSR count). The number of hydrogen-bond donors (Lipinski definition) is 0. The average molecular weight is 240 g/mol. The van der Waals surface area contributed by atoms with Gasteiger partial charge >= 0.3 is 0 Å². The second-order valence-corrected chi connectivity index (χ2v) is 4.21. The molecule has 1 aromatic rings. The van der Waals surface area contributed by atoms with Crippen LogP contribution < -0.4 is 4.74 Å². The number of nitrogens with zero attached hydrogens (tertiary/aromatic N) is 1. The average Bonchev–Trinajstić information content (AvgIpc) is 2.25. The topological polar surface area (TPSA) is 38.7 Å². The fourth-order valence-electron chi connectivity index (χ4n) is 1.53. The molecule has 0 N–H and O–H groups in total. The molecule has 0 fully saturated rings. The molecular formula is C12H14ClNO2. The van der Waals surface area contributed by atoms with Crippen LogP contribution in [0.15, 0.2) is 23.2 Å². The fourth-order valence-corrected chi connectivity index (χ4v) is 1.80. The molecule has 16 heavy (non-hydrogen) atoms. The first-order valence-corrected chi connectivity index (χ1v) is 5.38. The predicted molar refractivity (Wildman–Crippen MR) is 63.7 cm³/mol. The highest BCUT2D eigenvalue weighted by atomic mass is 35.5. The van der Waals surface area contributed by atoms with E-state index in [1.807, 2.05) is 19.9 Å². The number of ether oxygens (including phenoxy) is 1. The maximum atomic E-state index is 10.4. The molecule has 1 atom stereocenters. The number of halogens is 1. The van der Waals surface area contributed by atoms with E-state index in [9.17, 15) is 4.79 Å². The molecule has 0 saturated carbocycles. The maximum Gasteiger partial charge on any atom is 0.235 e. The molecule has 86 valence electrons. The SMILES string of the molecule is COc1ccc(C(N=C=O)C(C)C)cc1Cl. The molecule has 0 amide bonds. The Labute approximate surface area is 100 Å². The molecule has 3 nitrogen and oxygen atoms in total. The van der Waals surface area contributed by atoms with Gasteiger partial charge in [0.25, 0.3) is 0 Å². The molecular weight excluding hydrogens is 226 g/mol. The third-order valence-corrected chi connectivity index (χ3v) is 2.64. The maximum absolute atomic E-state index is 10.4. The third kappa shape index (κ3) is 2.84. The van der Waals surface area contributed by atoms with Crippen molar-refractivity contribution in [2.45, 2.75) is 19.9 Å². The van der Waals surface area contributed by atoms with Crippen LogP contribution in [0.4, 0.5) is 0 Å². The molecule has 0 aliphatic rings. The Hall–Kier alpha value is -1.31. The minimum absolute atomic E-state index is 0.207. The van der Waals surface area contributed by atoms with Gasteiger partial charge in [0.2, 0.25) is 6.08 Å². The molecule has 0 bridgehead atoms. The minimum atomic E-state index is -0.207. The lowest BCUT2D eigenvalue weighted by molar-refractivity contribution is 0.414. The van der Waals surface area contributed by atoms with Gasteiger partial charge in [-0.2, -0.15) is 4.99 Å². The summed E-state index contributed by atoms with van der Waals surface area (Å²) in [5, 5.41) is 0.520. The molecule has 0 heterocycles. The molecule has 0 saturated heterocycles. The highest BCUT2D eigenvalue weighted by Gasteiger charge is 2.16. The normalized spacial score (nSPS) is 12.1. The molecule has 0 radical (unpaired) electrons. The standard InChI is InChI=1S/C12H14ClNO2/c1-8(2)12(14-7-15)9-4-5-11(16-3)10(13)6-9/h4-6,8,12H,1-3H3. The Kier molecular flexibility index (Phi) is 4.53. The van der Waals surface area contributed by atoms with Crippen molar-refractivity contribution in [1.29, 1.82) is 0 Å². The van der Waals surface area contributed by atoms with Gasteiger partial charge in [-0.15, -0.1) is 0 Å². The lowest BCUT2D eigenvalue weighted by atomic mass is 9.97. The van der Waals surface area contributed by atoms with E-state index in [0.29, 0.717) is 10.8 Å². The van der Waals surface area contributed by atoms with Gasteiger partial charge in [-0.1, -0.05) is 31.5 Å². The highest BCUT2D eigenvalue weighted by molar-refractivity contribution is 6.32. The van der Waals surface area contributed by atoms with Crippen LogP contribution in [-0.2, 0) is 4.79 Å². The summed E-state index contributed by atoms with van der Waals surface area (Å²) in [4.78, 5) is 14.1. The molecule has 1 unspecified atom stereocenters. The van der Waals surface area contributed by atoms with Crippen LogP contribution in [0.1, 0.15) is 25.5 Å². The van der Waals surface area contributed by atoms with Crippen LogP contribution in [-0.4, -0.2) is 13.2 Å². The van der Waals surface area contributed by atoms with E-state index >= 15 is 0 Å². The van der Waals surface area contributed by atoms with Gasteiger partial charge in [-0.05, 0) is 23.6 Å². The Bertz CT molecular complexity index is 411.